The van der Waals surface area contributed by atoms with Crippen molar-refractivity contribution in [3.8, 4) is 10.6 Å². The summed E-state index contributed by atoms with van der Waals surface area (Å²) in [5.74, 6) is 0.290. The second-order valence-corrected chi connectivity index (χ2v) is 5.65. The molecule has 0 unspecified atom stereocenters. The molecular weight excluding hydrogens is 330 g/mol. The van der Waals surface area contributed by atoms with Gasteiger partial charge in [-0.25, -0.2) is 0 Å². The predicted octanol–water partition coefficient (Wildman–Crippen LogP) is 3.99. The van der Waals surface area contributed by atoms with Crippen molar-refractivity contribution in [3.63, 3.8) is 0 Å². The lowest BCUT2D eigenvalue weighted by molar-refractivity contribution is 1.08. The third-order valence-corrected chi connectivity index (χ3v) is 3.90. The van der Waals surface area contributed by atoms with Gasteiger partial charge in [0.25, 0.3) is 0 Å². The van der Waals surface area contributed by atoms with Gasteiger partial charge in [-0.2, -0.15) is 4.99 Å². The Morgan fingerprint density at radius 1 is 1.04 bits per heavy atom. The third-order valence-electron chi connectivity index (χ3n) is 3.05. The summed E-state index contributed by atoms with van der Waals surface area (Å²) < 4.78 is 0. The quantitative estimate of drug-likeness (QED) is 0.555. The predicted molar refractivity (Wildman–Crippen MR) is 98.7 cm³/mol. The summed E-state index contributed by atoms with van der Waals surface area (Å²) in [5, 5.41) is 12.6. The van der Waals surface area contributed by atoms with Crippen LogP contribution in [0.2, 0.25) is 0 Å². The van der Waals surface area contributed by atoms with E-state index in [1.54, 1.807) is 0 Å². The van der Waals surface area contributed by atoms with Crippen molar-refractivity contribution in [3.05, 3.63) is 60.2 Å². The number of benzene rings is 2. The molecule has 0 radical (unpaired) electrons. The minimum atomic E-state index is 0. The van der Waals surface area contributed by atoms with Crippen LogP contribution in [-0.4, -0.2) is 16.2 Å². The molecule has 23 heavy (non-hydrogen) atoms. The van der Waals surface area contributed by atoms with E-state index < -0.39 is 0 Å². The number of hydrogen-bond acceptors (Lipinski definition) is 4. The molecule has 1 heterocycles. The van der Waals surface area contributed by atoms with E-state index in [4.69, 9.17) is 5.73 Å². The number of nitrogens with one attached hydrogen (secondary N) is 1. The normalized spacial score (nSPS) is 10.9. The lowest BCUT2D eigenvalue weighted by atomic mass is 10.1. The Kier molecular flexibility index (Phi) is 5.67. The number of rotatable bonds is 3. The summed E-state index contributed by atoms with van der Waals surface area (Å²) in [6.07, 6.45) is 0. The van der Waals surface area contributed by atoms with Crippen LogP contribution in [0, 0.1) is 6.92 Å². The van der Waals surface area contributed by atoms with Gasteiger partial charge >= 0.3 is 0 Å². The Labute approximate surface area is 144 Å². The molecule has 0 aliphatic heterocycles. The lowest BCUT2D eigenvalue weighted by Crippen LogP contribution is -2.21. The minimum Gasteiger partial charge on any atom is -0.369 e. The number of nitrogens with two attached hydrogens (primary N) is 1. The van der Waals surface area contributed by atoms with Gasteiger partial charge in [0.15, 0.2) is 0 Å². The maximum absolute atomic E-state index is 5.89. The van der Waals surface area contributed by atoms with Crippen molar-refractivity contribution in [1.82, 2.24) is 10.2 Å². The van der Waals surface area contributed by atoms with Gasteiger partial charge in [-0.3, -0.25) is 0 Å². The van der Waals surface area contributed by atoms with Crippen LogP contribution in [0.25, 0.3) is 10.6 Å². The molecular formula is C16H16ClN5S. The van der Waals surface area contributed by atoms with Crippen molar-refractivity contribution in [2.75, 3.05) is 5.32 Å². The van der Waals surface area contributed by atoms with E-state index in [1.165, 1.54) is 11.3 Å². The molecule has 3 rings (SSSR count). The van der Waals surface area contributed by atoms with Crippen LogP contribution in [0.5, 0.6) is 0 Å². The molecule has 0 saturated carbocycles. The molecule has 5 nitrogen and oxygen atoms in total. The van der Waals surface area contributed by atoms with Gasteiger partial charge in [0.2, 0.25) is 11.1 Å². The summed E-state index contributed by atoms with van der Waals surface area (Å²) in [4.78, 5) is 4.26. The van der Waals surface area contributed by atoms with Crippen LogP contribution < -0.4 is 11.1 Å². The van der Waals surface area contributed by atoms with Crippen LogP contribution in [0.15, 0.2) is 59.6 Å². The summed E-state index contributed by atoms with van der Waals surface area (Å²) >= 11 is 1.41. The van der Waals surface area contributed by atoms with E-state index in [0.29, 0.717) is 11.1 Å². The van der Waals surface area contributed by atoms with Gasteiger partial charge in [0, 0.05) is 11.3 Å². The van der Waals surface area contributed by atoms with Crippen molar-refractivity contribution in [1.29, 1.82) is 0 Å². The number of para-hydroxylation sites is 1. The van der Waals surface area contributed by atoms with Crippen LogP contribution in [0.3, 0.4) is 0 Å². The van der Waals surface area contributed by atoms with Crippen LogP contribution in [0.4, 0.5) is 10.8 Å². The average Bonchev–Trinajstić information content (AvgIpc) is 2.97. The number of aryl methyl sites for hydroxylation is 1. The Bertz CT molecular complexity index is 801. The van der Waals surface area contributed by atoms with Crippen molar-refractivity contribution >= 4 is 40.5 Å². The van der Waals surface area contributed by atoms with Gasteiger partial charge in [0.05, 0.1) is 0 Å². The van der Waals surface area contributed by atoms with E-state index in [1.807, 2.05) is 61.5 Å². The molecule has 2 aromatic carbocycles. The van der Waals surface area contributed by atoms with Crippen LogP contribution in [0.1, 0.15) is 5.56 Å². The first-order chi connectivity index (χ1) is 10.7. The van der Waals surface area contributed by atoms with Crippen molar-refractivity contribution < 1.29 is 0 Å². The van der Waals surface area contributed by atoms with Crippen LogP contribution in [-0.2, 0) is 0 Å². The molecule has 3 N–H and O–H groups in total. The average molecular weight is 346 g/mol. The molecule has 0 amide bonds. The molecule has 0 fully saturated rings. The highest BCUT2D eigenvalue weighted by molar-refractivity contribution is 7.18. The van der Waals surface area contributed by atoms with Gasteiger partial charge in [-0.15, -0.1) is 22.6 Å². The number of aliphatic imine (C=N–C) groups is 1. The second kappa shape index (κ2) is 7.71. The molecule has 0 saturated heterocycles. The second-order valence-electron chi connectivity index (χ2n) is 4.69. The molecule has 7 heteroatoms. The first kappa shape index (κ1) is 16.9. The molecule has 0 atom stereocenters. The van der Waals surface area contributed by atoms with Gasteiger partial charge in [-0.05, 0) is 24.6 Å². The first-order valence-corrected chi connectivity index (χ1v) is 7.60. The van der Waals surface area contributed by atoms with Gasteiger partial charge in [-0.1, -0.05) is 53.8 Å². The number of aromatic nitrogens is 2. The Balaban J connectivity index is 0.00000192. The standard InChI is InChI=1S/C16H15N5S.ClH/c1-11-7-5-6-10-13(11)14-20-21-16(22-14)19-15(17)18-12-8-3-2-4-9-12;/h2-10H,1H3,(H3,17,18,19,21);1H. The zero-order chi connectivity index (χ0) is 15.4. The fourth-order valence-corrected chi connectivity index (χ4v) is 2.80. The van der Waals surface area contributed by atoms with Gasteiger partial charge < -0.3 is 11.1 Å². The number of hydrogen-bond donors (Lipinski definition) is 2. The summed E-state index contributed by atoms with van der Waals surface area (Å²) in [5.41, 5.74) is 9.00. The Hall–Kier alpha value is -2.44. The number of guanidine groups is 1. The maximum atomic E-state index is 5.89. The smallest absolute Gasteiger partial charge is 0.235 e. The zero-order valence-electron chi connectivity index (χ0n) is 12.4. The third kappa shape index (κ3) is 4.28. The van der Waals surface area contributed by atoms with E-state index in [-0.39, 0.29) is 12.4 Å². The van der Waals surface area contributed by atoms with E-state index in [0.717, 1.165) is 21.8 Å². The summed E-state index contributed by atoms with van der Waals surface area (Å²) in [6, 6.07) is 17.7. The SMILES string of the molecule is Cc1ccccc1-c1nnc(N=C(N)Nc2ccccc2)s1.Cl. The number of halogens is 1. The Morgan fingerprint density at radius 2 is 1.74 bits per heavy atom. The molecule has 0 spiro atoms. The maximum Gasteiger partial charge on any atom is 0.235 e. The monoisotopic (exact) mass is 345 g/mol. The fourth-order valence-electron chi connectivity index (χ4n) is 1.98. The van der Waals surface area contributed by atoms with Crippen molar-refractivity contribution in [2.24, 2.45) is 10.7 Å². The largest absolute Gasteiger partial charge is 0.369 e. The Morgan fingerprint density at radius 3 is 2.48 bits per heavy atom. The molecule has 0 bridgehead atoms. The van der Waals surface area contributed by atoms with E-state index >= 15 is 0 Å². The highest BCUT2D eigenvalue weighted by atomic mass is 35.5. The number of anilines is 1. The van der Waals surface area contributed by atoms with E-state index in [2.05, 4.69) is 20.5 Å². The lowest BCUT2D eigenvalue weighted by Gasteiger charge is -2.03. The summed E-state index contributed by atoms with van der Waals surface area (Å²) in [7, 11) is 0. The molecule has 118 valence electrons. The number of nitrogens with zero attached hydrogens (tertiary/aromatic N) is 3. The highest BCUT2D eigenvalue weighted by Gasteiger charge is 2.08. The molecule has 0 aliphatic carbocycles. The fraction of sp³-hybridized carbons (Fsp3) is 0.0625. The molecule has 0 aliphatic rings. The van der Waals surface area contributed by atoms with Gasteiger partial charge in [0.1, 0.15) is 5.01 Å². The first-order valence-electron chi connectivity index (χ1n) is 6.78. The topological polar surface area (TPSA) is 76.2 Å². The molecule has 1 aromatic heterocycles. The highest BCUT2D eigenvalue weighted by Crippen LogP contribution is 2.29. The zero-order valence-corrected chi connectivity index (χ0v) is 14.1. The minimum absolute atomic E-state index is 0. The van der Waals surface area contributed by atoms with E-state index in [9.17, 15) is 0 Å². The summed E-state index contributed by atoms with van der Waals surface area (Å²) in [6.45, 7) is 2.05. The van der Waals surface area contributed by atoms with Crippen molar-refractivity contribution in [2.45, 2.75) is 6.92 Å². The molecule has 3 aromatic rings. The van der Waals surface area contributed by atoms with Crippen LogP contribution >= 0.6 is 23.7 Å².